The lowest BCUT2D eigenvalue weighted by atomic mass is 9.95. The number of para-hydroxylation sites is 1. The normalized spacial score (nSPS) is 17.2. The Morgan fingerprint density at radius 2 is 1.92 bits per heavy atom. The van der Waals surface area contributed by atoms with E-state index in [0.717, 1.165) is 31.3 Å². The predicted molar refractivity (Wildman–Crippen MR) is 153 cm³/mol. The van der Waals surface area contributed by atoms with Crippen LogP contribution in [-0.2, 0) is 9.53 Å². The van der Waals surface area contributed by atoms with Gasteiger partial charge < -0.3 is 24.8 Å². The second-order valence-electron chi connectivity index (χ2n) is 11.5. The van der Waals surface area contributed by atoms with Gasteiger partial charge in [0.1, 0.15) is 35.9 Å². The van der Waals surface area contributed by atoms with E-state index in [2.05, 4.69) is 29.4 Å². The second kappa shape index (κ2) is 13.9. The van der Waals surface area contributed by atoms with E-state index in [1.807, 2.05) is 45.9 Å². The summed E-state index contributed by atoms with van der Waals surface area (Å²) in [6, 6.07) is 7.63. The Morgan fingerprint density at radius 1 is 1.15 bits per heavy atom. The van der Waals surface area contributed by atoms with Crippen molar-refractivity contribution >= 4 is 22.7 Å². The number of carbonyl (C=O) groups is 2. The number of aromatic nitrogens is 1. The Balaban J connectivity index is 1.86. The van der Waals surface area contributed by atoms with Crippen LogP contribution >= 0.6 is 0 Å². The van der Waals surface area contributed by atoms with Crippen LogP contribution in [0.5, 0.6) is 11.5 Å². The summed E-state index contributed by atoms with van der Waals surface area (Å²) in [5.41, 5.74) is 0.332. The first-order valence-corrected chi connectivity index (χ1v) is 14.1. The highest BCUT2D eigenvalue weighted by atomic mass is 16.5. The van der Waals surface area contributed by atoms with Crippen LogP contribution in [0, 0.1) is 5.41 Å². The molecule has 2 aromatic rings. The van der Waals surface area contributed by atoms with Gasteiger partial charge in [-0.2, -0.15) is 0 Å². The molecule has 1 saturated heterocycles. The van der Waals surface area contributed by atoms with E-state index in [9.17, 15) is 9.59 Å². The van der Waals surface area contributed by atoms with Crippen LogP contribution in [0.25, 0.3) is 10.9 Å². The Labute approximate surface area is 233 Å². The van der Waals surface area contributed by atoms with Crippen molar-refractivity contribution in [1.29, 1.82) is 0 Å². The van der Waals surface area contributed by atoms with Crippen molar-refractivity contribution in [3.63, 3.8) is 0 Å². The predicted octanol–water partition coefficient (Wildman–Crippen LogP) is 4.18. The maximum atomic E-state index is 13.4. The standard InChI is InChI=1S/C30H46N4O5/c1-8-21(32-29(36)30(4,5)6)19-39-25-13-9-12-23-26(38-16-15-37-7)17-24(33-27(23)25)28(35)31-22-11-10-14-34(18-22)20(2)3/h9,12-13,17,20-22H,8,10-11,14-16,18-19H2,1-7H3,(H,31,35)(H,32,36)/t21-,22+/m0/s1. The molecule has 9 heteroatoms. The zero-order valence-corrected chi connectivity index (χ0v) is 24.6. The fraction of sp³-hybridized carbons (Fsp3) is 0.633. The number of likely N-dealkylation sites (tertiary alicyclic amines) is 1. The molecule has 3 rings (SSSR count). The maximum absolute atomic E-state index is 13.4. The molecule has 216 valence electrons. The van der Waals surface area contributed by atoms with Crippen LogP contribution in [0.2, 0.25) is 0 Å². The highest BCUT2D eigenvalue weighted by molar-refractivity contribution is 5.98. The zero-order chi connectivity index (χ0) is 28.6. The van der Waals surface area contributed by atoms with Crippen LogP contribution in [-0.4, -0.2) is 79.8 Å². The molecule has 1 aromatic heterocycles. The molecular weight excluding hydrogens is 496 g/mol. The molecule has 1 fully saturated rings. The number of ether oxygens (including phenoxy) is 3. The van der Waals surface area contributed by atoms with Gasteiger partial charge in [-0.25, -0.2) is 4.98 Å². The van der Waals surface area contributed by atoms with Crippen molar-refractivity contribution in [3.05, 3.63) is 30.0 Å². The van der Waals surface area contributed by atoms with Crippen LogP contribution in [0.1, 0.15) is 71.3 Å². The summed E-state index contributed by atoms with van der Waals surface area (Å²) in [7, 11) is 1.62. The van der Waals surface area contributed by atoms with E-state index < -0.39 is 5.41 Å². The third-order valence-electron chi connectivity index (χ3n) is 7.01. The average molecular weight is 543 g/mol. The first-order chi connectivity index (χ1) is 18.5. The number of nitrogens with one attached hydrogen (secondary N) is 2. The average Bonchev–Trinajstić information content (AvgIpc) is 2.90. The lowest BCUT2D eigenvalue weighted by Crippen LogP contribution is -2.49. The van der Waals surface area contributed by atoms with Crippen molar-refractivity contribution in [2.24, 2.45) is 5.41 Å². The fourth-order valence-corrected chi connectivity index (χ4v) is 4.48. The summed E-state index contributed by atoms with van der Waals surface area (Å²) < 4.78 is 17.4. The minimum atomic E-state index is -0.490. The second-order valence-corrected chi connectivity index (χ2v) is 11.5. The molecule has 0 spiro atoms. The number of methoxy groups -OCH3 is 1. The molecule has 1 aliphatic heterocycles. The highest BCUT2D eigenvalue weighted by Gasteiger charge is 2.26. The van der Waals surface area contributed by atoms with Crippen LogP contribution in [0.15, 0.2) is 24.3 Å². The quantitative estimate of drug-likeness (QED) is 0.388. The van der Waals surface area contributed by atoms with E-state index >= 15 is 0 Å². The van der Waals surface area contributed by atoms with E-state index in [-0.39, 0.29) is 36.2 Å². The molecule has 9 nitrogen and oxygen atoms in total. The fourth-order valence-electron chi connectivity index (χ4n) is 4.48. The van der Waals surface area contributed by atoms with E-state index in [1.54, 1.807) is 13.2 Å². The van der Waals surface area contributed by atoms with Gasteiger partial charge in [0.2, 0.25) is 5.91 Å². The topological polar surface area (TPSA) is 102 Å². The molecule has 1 aliphatic rings. The lowest BCUT2D eigenvalue weighted by molar-refractivity contribution is -0.129. The maximum Gasteiger partial charge on any atom is 0.270 e. The number of carbonyl (C=O) groups excluding carboxylic acids is 2. The van der Waals surface area contributed by atoms with Gasteiger partial charge in [0, 0.05) is 42.6 Å². The van der Waals surface area contributed by atoms with Crippen LogP contribution < -0.4 is 20.1 Å². The summed E-state index contributed by atoms with van der Waals surface area (Å²) in [6.07, 6.45) is 2.70. The lowest BCUT2D eigenvalue weighted by Gasteiger charge is -2.35. The van der Waals surface area contributed by atoms with Gasteiger partial charge in [0.05, 0.1) is 12.6 Å². The monoisotopic (exact) mass is 542 g/mol. The third kappa shape index (κ3) is 8.54. The Kier molecular flexibility index (Phi) is 10.9. The van der Waals surface area contributed by atoms with Crippen LogP contribution in [0.3, 0.4) is 0 Å². The molecule has 2 atom stereocenters. The van der Waals surface area contributed by atoms with E-state index in [4.69, 9.17) is 19.2 Å². The molecular formula is C30H46N4O5. The molecule has 0 unspecified atom stereocenters. The van der Waals surface area contributed by atoms with Gasteiger partial charge >= 0.3 is 0 Å². The first kappa shape index (κ1) is 30.6. The summed E-state index contributed by atoms with van der Waals surface area (Å²) in [5, 5.41) is 6.99. The number of rotatable bonds is 12. The molecule has 0 saturated carbocycles. The highest BCUT2D eigenvalue weighted by Crippen LogP contribution is 2.32. The number of fused-ring (bicyclic) bond motifs is 1. The number of benzene rings is 1. The summed E-state index contributed by atoms with van der Waals surface area (Å²) in [4.78, 5) is 33.0. The minimum Gasteiger partial charge on any atom is -0.490 e. The van der Waals surface area contributed by atoms with Crippen molar-refractivity contribution in [1.82, 2.24) is 20.5 Å². The number of piperidine rings is 1. The number of pyridine rings is 1. The summed E-state index contributed by atoms with van der Waals surface area (Å²) in [5.74, 6) is 0.822. The van der Waals surface area contributed by atoms with Crippen molar-refractivity contribution < 1.29 is 23.8 Å². The Morgan fingerprint density at radius 3 is 2.59 bits per heavy atom. The molecule has 0 radical (unpaired) electrons. The van der Waals surface area contributed by atoms with Gasteiger partial charge in [-0.05, 0) is 51.8 Å². The SMILES string of the molecule is CC[C@@H](COc1cccc2c(OCCOC)cc(C(=O)N[C@@H]3CCCN(C(C)C)C3)nc12)NC(=O)C(C)(C)C. The molecule has 1 aromatic carbocycles. The minimum absolute atomic E-state index is 0.0273. The number of nitrogens with zero attached hydrogens (tertiary/aromatic N) is 2. The largest absolute Gasteiger partial charge is 0.490 e. The van der Waals surface area contributed by atoms with E-state index in [0.29, 0.717) is 42.7 Å². The number of hydrogen-bond donors (Lipinski definition) is 2. The molecule has 39 heavy (non-hydrogen) atoms. The zero-order valence-electron chi connectivity index (χ0n) is 24.6. The van der Waals surface area contributed by atoms with E-state index in [1.165, 1.54) is 0 Å². The first-order valence-electron chi connectivity index (χ1n) is 14.1. The van der Waals surface area contributed by atoms with Crippen molar-refractivity contribution in [3.8, 4) is 11.5 Å². The molecule has 2 heterocycles. The van der Waals surface area contributed by atoms with Gasteiger partial charge in [-0.15, -0.1) is 0 Å². The molecule has 2 amide bonds. The van der Waals surface area contributed by atoms with Gasteiger partial charge in [-0.3, -0.25) is 14.5 Å². The van der Waals surface area contributed by atoms with Gasteiger partial charge in [0.25, 0.3) is 5.91 Å². The smallest absolute Gasteiger partial charge is 0.270 e. The molecule has 0 bridgehead atoms. The molecule has 2 N–H and O–H groups in total. The Bertz CT molecular complexity index is 1110. The summed E-state index contributed by atoms with van der Waals surface area (Å²) >= 11 is 0. The Hall–Kier alpha value is -2.91. The number of amides is 2. The van der Waals surface area contributed by atoms with Gasteiger partial charge in [0.15, 0.2) is 0 Å². The van der Waals surface area contributed by atoms with Crippen molar-refractivity contribution in [2.75, 3.05) is 40.0 Å². The van der Waals surface area contributed by atoms with Crippen LogP contribution in [0.4, 0.5) is 0 Å². The van der Waals surface area contributed by atoms with Gasteiger partial charge in [-0.1, -0.05) is 33.8 Å². The number of hydrogen-bond acceptors (Lipinski definition) is 7. The molecule has 0 aliphatic carbocycles. The third-order valence-corrected chi connectivity index (χ3v) is 7.01. The summed E-state index contributed by atoms with van der Waals surface area (Å²) in [6.45, 7) is 14.9. The van der Waals surface area contributed by atoms with Crippen molar-refractivity contribution in [2.45, 2.75) is 78.9 Å².